The monoisotopic (exact) mass is 290 g/mol. The summed E-state index contributed by atoms with van der Waals surface area (Å²) >= 11 is 0. The molecule has 0 aromatic heterocycles. The molecule has 110 valence electrons. The number of nitro groups is 1. The summed E-state index contributed by atoms with van der Waals surface area (Å²) in [6.45, 7) is 1.70. The average molecular weight is 290 g/mol. The molecule has 0 N–H and O–H groups in total. The molecule has 1 heterocycles. The first-order valence-corrected chi connectivity index (χ1v) is 6.56. The molecule has 1 aliphatic rings. The minimum Gasteiger partial charge on any atom is -0.300 e. The zero-order valence-electron chi connectivity index (χ0n) is 11.5. The summed E-state index contributed by atoms with van der Waals surface area (Å²) in [5, 5.41) is 10.7. The van der Waals surface area contributed by atoms with E-state index >= 15 is 0 Å². The SMILES string of the molecule is CC(=O)CCCCN1C(=O)c2ccc([N+](=O)[O-])cc2C1=O. The van der Waals surface area contributed by atoms with E-state index in [0.717, 1.165) is 11.0 Å². The Morgan fingerprint density at radius 3 is 2.48 bits per heavy atom. The molecule has 0 atom stereocenters. The lowest BCUT2D eigenvalue weighted by Crippen LogP contribution is -2.30. The molecule has 1 aromatic carbocycles. The van der Waals surface area contributed by atoms with Gasteiger partial charge < -0.3 is 4.79 Å². The van der Waals surface area contributed by atoms with Crippen LogP contribution in [0.25, 0.3) is 0 Å². The molecule has 7 heteroatoms. The number of nitrogens with zero attached hydrogens (tertiary/aromatic N) is 2. The van der Waals surface area contributed by atoms with Crippen molar-refractivity contribution >= 4 is 23.3 Å². The molecule has 2 rings (SSSR count). The maximum Gasteiger partial charge on any atom is 0.270 e. The lowest BCUT2D eigenvalue weighted by molar-refractivity contribution is -0.384. The van der Waals surface area contributed by atoms with E-state index in [0.29, 0.717) is 19.3 Å². The molecule has 7 nitrogen and oxygen atoms in total. The number of carbonyl (C=O) groups is 3. The first kappa shape index (κ1) is 14.8. The van der Waals surface area contributed by atoms with Crippen LogP contribution >= 0.6 is 0 Å². The molecule has 0 fully saturated rings. The van der Waals surface area contributed by atoms with Crippen LogP contribution in [0.5, 0.6) is 0 Å². The van der Waals surface area contributed by atoms with Crippen molar-refractivity contribution in [2.75, 3.05) is 6.54 Å². The Labute approximate surface area is 120 Å². The highest BCUT2D eigenvalue weighted by Gasteiger charge is 2.36. The fourth-order valence-electron chi connectivity index (χ4n) is 2.24. The Bertz CT molecular complexity index is 638. The van der Waals surface area contributed by atoms with Crippen molar-refractivity contribution in [3.63, 3.8) is 0 Å². The van der Waals surface area contributed by atoms with E-state index in [1.54, 1.807) is 0 Å². The third-order valence-corrected chi connectivity index (χ3v) is 3.33. The Balaban J connectivity index is 2.11. The second-order valence-corrected chi connectivity index (χ2v) is 4.91. The maximum atomic E-state index is 12.1. The van der Waals surface area contributed by atoms with E-state index in [2.05, 4.69) is 0 Å². The highest BCUT2D eigenvalue weighted by Crippen LogP contribution is 2.27. The number of non-ortho nitro benzene ring substituents is 1. The van der Waals surface area contributed by atoms with Gasteiger partial charge in [0, 0.05) is 25.1 Å². The van der Waals surface area contributed by atoms with Crippen LogP contribution in [0.4, 0.5) is 5.69 Å². The first-order chi connectivity index (χ1) is 9.91. The van der Waals surface area contributed by atoms with Gasteiger partial charge in [-0.05, 0) is 25.8 Å². The lowest BCUT2D eigenvalue weighted by atomic mass is 10.1. The minimum absolute atomic E-state index is 0.0629. The molecule has 0 radical (unpaired) electrons. The van der Waals surface area contributed by atoms with Gasteiger partial charge in [-0.15, -0.1) is 0 Å². The number of hydrogen-bond donors (Lipinski definition) is 0. The Hall–Kier alpha value is -2.57. The van der Waals surface area contributed by atoms with Crippen molar-refractivity contribution in [2.24, 2.45) is 0 Å². The number of unbranched alkanes of at least 4 members (excludes halogenated alkanes) is 1. The number of amides is 2. The number of ketones is 1. The van der Waals surface area contributed by atoms with Gasteiger partial charge in [0.25, 0.3) is 17.5 Å². The van der Waals surface area contributed by atoms with Crippen LogP contribution in [0.2, 0.25) is 0 Å². The van der Waals surface area contributed by atoms with Gasteiger partial charge in [0.1, 0.15) is 5.78 Å². The van der Waals surface area contributed by atoms with E-state index in [9.17, 15) is 24.5 Å². The van der Waals surface area contributed by atoms with Crippen molar-refractivity contribution in [2.45, 2.75) is 26.2 Å². The average Bonchev–Trinajstić information content (AvgIpc) is 2.67. The van der Waals surface area contributed by atoms with Crippen molar-refractivity contribution in [3.05, 3.63) is 39.4 Å². The van der Waals surface area contributed by atoms with E-state index in [4.69, 9.17) is 0 Å². The molecular formula is C14H14N2O5. The van der Waals surface area contributed by atoms with E-state index in [1.807, 2.05) is 0 Å². The van der Waals surface area contributed by atoms with Crippen molar-refractivity contribution in [1.82, 2.24) is 4.90 Å². The van der Waals surface area contributed by atoms with Crippen LogP contribution in [-0.4, -0.2) is 34.0 Å². The number of Topliss-reactive ketones (excluding diaryl/α,β-unsaturated/α-hetero) is 1. The highest BCUT2D eigenvalue weighted by molar-refractivity contribution is 6.21. The van der Waals surface area contributed by atoms with Crippen molar-refractivity contribution in [3.8, 4) is 0 Å². The topological polar surface area (TPSA) is 97.6 Å². The molecule has 2 amide bonds. The highest BCUT2D eigenvalue weighted by atomic mass is 16.6. The van der Waals surface area contributed by atoms with Gasteiger partial charge in [0.2, 0.25) is 0 Å². The van der Waals surface area contributed by atoms with Crippen molar-refractivity contribution < 1.29 is 19.3 Å². The van der Waals surface area contributed by atoms with Gasteiger partial charge in [0.05, 0.1) is 16.1 Å². The number of benzene rings is 1. The molecule has 0 aliphatic carbocycles. The van der Waals surface area contributed by atoms with Crippen LogP contribution in [0.15, 0.2) is 18.2 Å². The Morgan fingerprint density at radius 1 is 1.19 bits per heavy atom. The summed E-state index contributed by atoms with van der Waals surface area (Å²) in [4.78, 5) is 46.2. The quantitative estimate of drug-likeness (QED) is 0.345. The van der Waals surface area contributed by atoms with Crippen LogP contribution in [0, 0.1) is 10.1 Å². The van der Waals surface area contributed by atoms with Crippen LogP contribution < -0.4 is 0 Å². The van der Waals surface area contributed by atoms with Gasteiger partial charge in [0.15, 0.2) is 0 Å². The second kappa shape index (κ2) is 5.82. The number of hydrogen-bond acceptors (Lipinski definition) is 5. The van der Waals surface area contributed by atoms with E-state index < -0.39 is 16.7 Å². The molecule has 1 aliphatic heterocycles. The summed E-state index contributed by atoms with van der Waals surface area (Å²) in [6, 6.07) is 3.65. The van der Waals surface area contributed by atoms with E-state index in [1.165, 1.54) is 19.1 Å². The summed E-state index contributed by atoms with van der Waals surface area (Å²) in [5.41, 5.74) is 0.0475. The van der Waals surface area contributed by atoms with E-state index in [-0.39, 0.29) is 29.1 Å². The summed E-state index contributed by atoms with van der Waals surface area (Å²) in [5.74, 6) is -0.887. The molecule has 21 heavy (non-hydrogen) atoms. The third-order valence-electron chi connectivity index (χ3n) is 3.33. The van der Waals surface area contributed by atoms with Gasteiger partial charge >= 0.3 is 0 Å². The van der Waals surface area contributed by atoms with Gasteiger partial charge in [-0.25, -0.2) is 0 Å². The van der Waals surface area contributed by atoms with Gasteiger partial charge in [-0.3, -0.25) is 24.6 Å². The Morgan fingerprint density at radius 2 is 1.86 bits per heavy atom. The molecule has 0 saturated heterocycles. The molecular weight excluding hydrogens is 276 g/mol. The zero-order valence-corrected chi connectivity index (χ0v) is 11.5. The predicted octanol–water partition coefficient (Wildman–Crippen LogP) is 1.95. The number of nitro benzene ring substituents is 1. The zero-order chi connectivity index (χ0) is 15.6. The number of carbonyl (C=O) groups excluding carboxylic acids is 3. The van der Waals surface area contributed by atoms with Crippen LogP contribution in [0.3, 0.4) is 0 Å². The number of rotatable bonds is 6. The minimum atomic E-state index is -0.604. The summed E-state index contributed by atoms with van der Waals surface area (Å²) < 4.78 is 0. The number of imide groups is 1. The fraction of sp³-hybridized carbons (Fsp3) is 0.357. The normalized spacial score (nSPS) is 13.5. The van der Waals surface area contributed by atoms with Crippen molar-refractivity contribution in [1.29, 1.82) is 0 Å². The molecule has 0 spiro atoms. The van der Waals surface area contributed by atoms with Gasteiger partial charge in [-0.2, -0.15) is 0 Å². The summed E-state index contributed by atoms with van der Waals surface area (Å²) in [7, 11) is 0. The summed E-state index contributed by atoms with van der Waals surface area (Å²) in [6.07, 6.45) is 1.55. The first-order valence-electron chi connectivity index (χ1n) is 6.56. The Kier molecular flexibility index (Phi) is 4.11. The molecule has 1 aromatic rings. The lowest BCUT2D eigenvalue weighted by Gasteiger charge is -2.12. The second-order valence-electron chi connectivity index (χ2n) is 4.91. The van der Waals surface area contributed by atoms with Crippen LogP contribution in [-0.2, 0) is 4.79 Å². The maximum absolute atomic E-state index is 12.1. The number of fused-ring (bicyclic) bond motifs is 1. The smallest absolute Gasteiger partial charge is 0.270 e. The molecule has 0 unspecified atom stereocenters. The molecule has 0 saturated carbocycles. The largest absolute Gasteiger partial charge is 0.300 e. The third kappa shape index (κ3) is 2.96. The van der Waals surface area contributed by atoms with Gasteiger partial charge in [-0.1, -0.05) is 0 Å². The van der Waals surface area contributed by atoms with Crippen LogP contribution in [0.1, 0.15) is 46.9 Å². The fourth-order valence-corrected chi connectivity index (χ4v) is 2.24. The predicted molar refractivity (Wildman–Crippen MR) is 73.0 cm³/mol. The molecule has 0 bridgehead atoms. The standard InChI is InChI=1S/C14H14N2O5/c1-9(17)4-2-3-7-15-13(18)11-6-5-10(16(20)21)8-12(11)14(15)19/h5-6,8H,2-4,7H2,1H3.